The third-order valence-electron chi connectivity index (χ3n) is 8.36. The van der Waals surface area contributed by atoms with Gasteiger partial charge in [0.2, 0.25) is 0 Å². The first-order valence-corrected chi connectivity index (χ1v) is 13.6. The summed E-state index contributed by atoms with van der Waals surface area (Å²) in [4.78, 5) is 33.2. The molecule has 3 saturated heterocycles. The predicted molar refractivity (Wildman–Crippen MR) is 136 cm³/mol. The Kier molecular flexibility index (Phi) is 6.07. The van der Waals surface area contributed by atoms with Crippen LogP contribution in [0.15, 0.2) is 24.7 Å². The van der Waals surface area contributed by atoms with Crippen molar-refractivity contribution in [3.63, 3.8) is 0 Å². The number of nitrogens with zero attached hydrogens (tertiary/aromatic N) is 5. The number of halogens is 1. The zero-order chi connectivity index (χ0) is 25.8. The summed E-state index contributed by atoms with van der Waals surface area (Å²) in [6.07, 6.45) is 7.67. The van der Waals surface area contributed by atoms with Crippen molar-refractivity contribution in [2.75, 3.05) is 18.4 Å². The molecule has 6 rings (SSSR count). The van der Waals surface area contributed by atoms with Crippen molar-refractivity contribution in [2.24, 2.45) is 0 Å². The highest BCUT2D eigenvalue weighted by molar-refractivity contribution is 5.90. The highest BCUT2D eigenvalue weighted by Crippen LogP contribution is 2.41. The fourth-order valence-corrected chi connectivity index (χ4v) is 6.28. The van der Waals surface area contributed by atoms with Gasteiger partial charge in [-0.05, 0) is 44.4 Å². The zero-order valence-electron chi connectivity index (χ0n) is 21.5. The van der Waals surface area contributed by atoms with Crippen LogP contribution in [0.2, 0.25) is 0 Å². The molecule has 9 nitrogen and oxygen atoms in total. The molecule has 10 heteroatoms. The lowest BCUT2D eigenvalue weighted by molar-refractivity contribution is -0.128. The van der Waals surface area contributed by atoms with Gasteiger partial charge in [0.05, 0.1) is 12.7 Å². The molecule has 198 valence electrons. The number of likely N-dealkylation sites (tertiary alicyclic amines) is 1. The van der Waals surface area contributed by atoms with E-state index in [2.05, 4.69) is 36.9 Å². The molecule has 2 aromatic heterocycles. The number of aromatic nitrogens is 3. The average molecular weight is 511 g/mol. The summed E-state index contributed by atoms with van der Waals surface area (Å²) in [5, 5.41) is 8.42. The van der Waals surface area contributed by atoms with E-state index in [0.29, 0.717) is 24.8 Å². The van der Waals surface area contributed by atoms with Crippen molar-refractivity contribution in [1.29, 1.82) is 0 Å². The number of hydrogen-bond donors (Lipinski definition) is 1. The molecule has 2 amide bonds. The summed E-state index contributed by atoms with van der Waals surface area (Å²) in [5.41, 5.74) is 3.24. The minimum atomic E-state index is -0.981. The van der Waals surface area contributed by atoms with Crippen molar-refractivity contribution < 1.29 is 18.7 Å². The van der Waals surface area contributed by atoms with Gasteiger partial charge in [-0.25, -0.2) is 14.2 Å². The van der Waals surface area contributed by atoms with Crippen molar-refractivity contribution in [3.8, 4) is 0 Å². The van der Waals surface area contributed by atoms with Crippen LogP contribution in [0.4, 0.5) is 15.0 Å². The molecule has 4 fully saturated rings. The maximum Gasteiger partial charge on any atom is 0.410 e. The van der Waals surface area contributed by atoms with Crippen molar-refractivity contribution >= 4 is 23.5 Å². The number of ether oxygens (including phenoxy) is 1. The van der Waals surface area contributed by atoms with Gasteiger partial charge in [-0.1, -0.05) is 20.4 Å². The molecule has 5 heterocycles. The Bertz CT molecular complexity index is 1230. The number of hydrogen-bond acceptors (Lipinski definition) is 6. The van der Waals surface area contributed by atoms with Gasteiger partial charge in [-0.3, -0.25) is 4.79 Å². The van der Waals surface area contributed by atoms with E-state index in [9.17, 15) is 14.0 Å². The Labute approximate surface area is 216 Å². The summed E-state index contributed by atoms with van der Waals surface area (Å²) in [7, 11) is 0. The van der Waals surface area contributed by atoms with Gasteiger partial charge in [0.25, 0.3) is 5.91 Å². The molecule has 1 N–H and O–H groups in total. The highest BCUT2D eigenvalue weighted by atomic mass is 19.1. The molecule has 0 spiro atoms. The molecule has 1 aliphatic carbocycles. The maximum atomic E-state index is 13.2. The van der Waals surface area contributed by atoms with Gasteiger partial charge in [-0.2, -0.15) is 9.61 Å². The van der Waals surface area contributed by atoms with Crippen LogP contribution in [0.25, 0.3) is 5.65 Å². The van der Waals surface area contributed by atoms with E-state index >= 15 is 0 Å². The zero-order valence-corrected chi connectivity index (χ0v) is 21.5. The quantitative estimate of drug-likeness (QED) is 0.581. The molecule has 2 bridgehead atoms. The van der Waals surface area contributed by atoms with Crippen molar-refractivity contribution in [3.05, 3.63) is 35.9 Å². The number of fused-ring (bicyclic) bond motifs is 3. The SMILES string of the molecule is C=C(F)C(=O)N1CC[C@@H](OC(=O)N2C3CCC2CC(Nc2cc(C4CC4)nc4c(C(C)C)cnn24)C3)C1. The molecule has 1 saturated carbocycles. The van der Waals surface area contributed by atoms with Crippen LogP contribution in [0.3, 0.4) is 0 Å². The number of amides is 2. The molecule has 37 heavy (non-hydrogen) atoms. The van der Waals surface area contributed by atoms with Crippen LogP contribution < -0.4 is 5.32 Å². The van der Waals surface area contributed by atoms with E-state index < -0.39 is 17.8 Å². The van der Waals surface area contributed by atoms with Gasteiger partial charge in [0.15, 0.2) is 11.5 Å². The van der Waals surface area contributed by atoms with Crippen LogP contribution in [-0.2, 0) is 9.53 Å². The number of rotatable bonds is 6. The number of piperidine rings is 1. The third kappa shape index (κ3) is 4.55. The number of nitrogens with one attached hydrogen (secondary N) is 1. The molecule has 0 aromatic carbocycles. The lowest BCUT2D eigenvalue weighted by atomic mass is 9.97. The fraction of sp³-hybridized carbons (Fsp3) is 0.630. The molecule has 2 aromatic rings. The number of carbonyl (C=O) groups excluding carboxylic acids is 2. The second-order valence-electron chi connectivity index (χ2n) is 11.4. The van der Waals surface area contributed by atoms with E-state index in [-0.39, 0.29) is 30.8 Å². The van der Waals surface area contributed by atoms with Crippen LogP contribution in [0.1, 0.15) is 81.9 Å². The molecule has 4 aliphatic rings. The summed E-state index contributed by atoms with van der Waals surface area (Å²) in [6, 6.07) is 2.60. The fourth-order valence-electron chi connectivity index (χ4n) is 6.28. The second kappa shape index (κ2) is 9.29. The first kappa shape index (κ1) is 24.2. The van der Waals surface area contributed by atoms with Crippen molar-refractivity contribution in [2.45, 2.75) is 94.9 Å². The lowest BCUT2D eigenvalue weighted by Crippen LogP contribution is -2.50. The lowest BCUT2D eigenvalue weighted by Gasteiger charge is -2.39. The molecule has 3 aliphatic heterocycles. The normalized spacial score (nSPS) is 27.2. The Morgan fingerprint density at radius 1 is 1.16 bits per heavy atom. The van der Waals surface area contributed by atoms with E-state index in [0.717, 1.165) is 48.4 Å². The van der Waals surface area contributed by atoms with E-state index in [1.165, 1.54) is 17.7 Å². The van der Waals surface area contributed by atoms with Gasteiger partial charge in [-0.15, -0.1) is 0 Å². The first-order valence-electron chi connectivity index (χ1n) is 13.6. The summed E-state index contributed by atoms with van der Waals surface area (Å²) in [6.45, 7) is 7.99. The standard InChI is InChI=1S/C27H35FN6O3/c1-15(2)22-13-29-34-24(12-23(17-4-5-17)31-25(22)34)30-18-10-19-6-7-20(11-18)33(19)27(36)37-21-8-9-32(14-21)26(35)16(3)28/h12-13,15,17-21,30H,3-11,14H2,1-2H3/t18?,19?,20?,21-/m1/s1. The van der Waals surface area contributed by atoms with E-state index in [1.54, 1.807) is 0 Å². The van der Waals surface area contributed by atoms with Crippen molar-refractivity contribution in [1.82, 2.24) is 24.4 Å². The molecular weight excluding hydrogens is 475 g/mol. The average Bonchev–Trinajstić information content (AvgIpc) is 3.34. The predicted octanol–water partition coefficient (Wildman–Crippen LogP) is 4.36. The van der Waals surface area contributed by atoms with Crippen LogP contribution in [-0.4, -0.2) is 73.7 Å². The summed E-state index contributed by atoms with van der Waals surface area (Å²) < 4.78 is 20.9. The van der Waals surface area contributed by atoms with Gasteiger partial charge >= 0.3 is 6.09 Å². The summed E-state index contributed by atoms with van der Waals surface area (Å²) >= 11 is 0. The van der Waals surface area contributed by atoms with E-state index in [4.69, 9.17) is 9.72 Å². The Balaban J connectivity index is 1.13. The Hall–Kier alpha value is -3.17. The van der Waals surface area contributed by atoms with Crippen LogP contribution in [0.5, 0.6) is 0 Å². The first-order chi connectivity index (χ1) is 17.8. The van der Waals surface area contributed by atoms with Crippen LogP contribution >= 0.6 is 0 Å². The smallest absolute Gasteiger partial charge is 0.410 e. The largest absolute Gasteiger partial charge is 0.444 e. The van der Waals surface area contributed by atoms with Gasteiger partial charge < -0.3 is 19.9 Å². The minimum Gasteiger partial charge on any atom is -0.444 e. The summed E-state index contributed by atoms with van der Waals surface area (Å²) in [5.74, 6) is 0.157. The minimum absolute atomic E-state index is 0.109. The van der Waals surface area contributed by atoms with Gasteiger partial charge in [0.1, 0.15) is 11.9 Å². The Morgan fingerprint density at radius 3 is 2.54 bits per heavy atom. The third-order valence-corrected chi connectivity index (χ3v) is 8.36. The molecule has 0 radical (unpaired) electrons. The van der Waals surface area contributed by atoms with E-state index in [1.807, 2.05) is 15.6 Å². The Morgan fingerprint density at radius 2 is 1.89 bits per heavy atom. The number of anilines is 1. The highest BCUT2D eigenvalue weighted by Gasteiger charge is 2.45. The number of carbonyl (C=O) groups is 2. The molecule has 2 unspecified atom stereocenters. The van der Waals surface area contributed by atoms with Gasteiger partial charge in [0, 0.05) is 54.3 Å². The molecular formula is C27H35FN6O3. The second-order valence-corrected chi connectivity index (χ2v) is 11.4. The van der Waals surface area contributed by atoms with Crippen LogP contribution in [0, 0.1) is 0 Å². The molecule has 3 atom stereocenters. The topological polar surface area (TPSA) is 92.1 Å². The monoisotopic (exact) mass is 510 g/mol. The maximum absolute atomic E-state index is 13.2.